The molecule has 2 nitrogen and oxygen atoms in total. The number of methoxy groups -OCH3 is 1. The van der Waals surface area contributed by atoms with Crippen molar-refractivity contribution in [2.24, 2.45) is 17.3 Å². The zero-order valence-corrected chi connectivity index (χ0v) is 14.7. The van der Waals surface area contributed by atoms with Crippen molar-refractivity contribution < 1.29 is 9.53 Å². The third-order valence-corrected chi connectivity index (χ3v) is 6.00. The van der Waals surface area contributed by atoms with Crippen LogP contribution in [0.1, 0.15) is 45.4 Å². The Morgan fingerprint density at radius 3 is 2.86 bits per heavy atom. The molecule has 0 unspecified atom stereocenters. The minimum atomic E-state index is -0.305. The molecule has 0 heterocycles. The standard InChI is InChI=1S/C18H25BrO2/c1-12(2)15-10-14-7-9-18(15,11-13(14)3)8-5-6-16(19)17(20)21-4/h6,14-15H,1,3,5,7-11H2,2,4H3/b16-6+/t14-,15+,18+/m1/s1. The number of ether oxygens (including phenoxy) is 1. The summed E-state index contributed by atoms with van der Waals surface area (Å²) < 4.78 is 5.23. The molecule has 0 saturated heterocycles. The van der Waals surface area contributed by atoms with E-state index < -0.39 is 0 Å². The highest BCUT2D eigenvalue weighted by Crippen LogP contribution is 2.59. The van der Waals surface area contributed by atoms with Crippen LogP contribution in [0.3, 0.4) is 0 Å². The molecule has 0 aromatic rings. The summed E-state index contributed by atoms with van der Waals surface area (Å²) in [5.41, 5.74) is 3.04. The predicted molar refractivity (Wildman–Crippen MR) is 90.1 cm³/mol. The monoisotopic (exact) mass is 352 g/mol. The molecule has 3 saturated carbocycles. The minimum absolute atomic E-state index is 0.303. The lowest BCUT2D eigenvalue weighted by molar-refractivity contribution is -0.135. The lowest BCUT2D eigenvalue weighted by Gasteiger charge is -2.54. The molecule has 0 radical (unpaired) electrons. The Morgan fingerprint density at radius 1 is 1.57 bits per heavy atom. The number of halogens is 1. The number of carbonyl (C=O) groups excluding carboxylic acids is 1. The van der Waals surface area contributed by atoms with Crippen molar-refractivity contribution >= 4 is 21.9 Å². The fourth-order valence-corrected chi connectivity index (χ4v) is 4.64. The maximum absolute atomic E-state index is 11.4. The smallest absolute Gasteiger partial charge is 0.344 e. The van der Waals surface area contributed by atoms with Gasteiger partial charge in [-0.3, -0.25) is 0 Å². The number of hydrogen-bond acceptors (Lipinski definition) is 2. The Bertz CT molecular complexity index is 491. The fraction of sp³-hybridized carbons (Fsp3) is 0.611. The number of fused-ring (bicyclic) bond motifs is 3. The van der Waals surface area contributed by atoms with Gasteiger partial charge in [0.2, 0.25) is 0 Å². The van der Waals surface area contributed by atoms with Crippen LogP contribution in [0, 0.1) is 17.3 Å². The van der Waals surface area contributed by atoms with Crippen molar-refractivity contribution in [3.63, 3.8) is 0 Å². The molecule has 0 N–H and O–H groups in total. The largest absolute Gasteiger partial charge is 0.465 e. The Balaban J connectivity index is 2.09. The van der Waals surface area contributed by atoms with Crippen molar-refractivity contribution in [2.75, 3.05) is 7.11 Å². The van der Waals surface area contributed by atoms with Crippen molar-refractivity contribution in [3.8, 4) is 0 Å². The SMILES string of the molecule is C=C1C[C@]2(CC/C=C(/Br)C(=O)OC)CC[C@@H]1C[C@H]2C(=C)C. The highest BCUT2D eigenvalue weighted by molar-refractivity contribution is 9.12. The van der Waals surface area contributed by atoms with Crippen LogP contribution in [0.5, 0.6) is 0 Å². The summed E-state index contributed by atoms with van der Waals surface area (Å²) in [5, 5.41) is 0. The predicted octanol–water partition coefficient (Wildman–Crippen LogP) is 5.16. The molecule has 3 rings (SSSR count). The van der Waals surface area contributed by atoms with Crippen LogP contribution < -0.4 is 0 Å². The molecule has 116 valence electrons. The first-order valence-electron chi connectivity index (χ1n) is 7.66. The van der Waals surface area contributed by atoms with Crippen molar-refractivity contribution in [3.05, 3.63) is 34.9 Å². The summed E-state index contributed by atoms with van der Waals surface area (Å²) in [7, 11) is 1.40. The molecule has 21 heavy (non-hydrogen) atoms. The van der Waals surface area contributed by atoms with Gasteiger partial charge in [-0.2, -0.15) is 0 Å². The summed E-state index contributed by atoms with van der Waals surface area (Å²) in [5.74, 6) is 0.999. The zero-order chi connectivity index (χ0) is 15.6. The Hall–Kier alpha value is -0.830. The van der Waals surface area contributed by atoms with E-state index in [4.69, 9.17) is 4.74 Å². The molecule has 0 spiro atoms. The van der Waals surface area contributed by atoms with Gasteiger partial charge in [-0.05, 0) is 78.6 Å². The first-order chi connectivity index (χ1) is 9.89. The van der Waals surface area contributed by atoms with E-state index in [9.17, 15) is 4.79 Å². The van der Waals surface area contributed by atoms with E-state index in [0.29, 0.717) is 21.7 Å². The van der Waals surface area contributed by atoms with E-state index in [-0.39, 0.29) is 5.97 Å². The molecular formula is C18H25BrO2. The van der Waals surface area contributed by atoms with Gasteiger partial charge in [-0.1, -0.05) is 30.4 Å². The van der Waals surface area contributed by atoms with Gasteiger partial charge in [-0.25, -0.2) is 4.79 Å². The van der Waals surface area contributed by atoms with Gasteiger partial charge >= 0.3 is 5.97 Å². The summed E-state index contributed by atoms with van der Waals surface area (Å²) in [6, 6.07) is 0. The number of allylic oxidation sites excluding steroid dienone is 3. The molecule has 3 atom stereocenters. The molecule has 0 amide bonds. The molecule has 3 aliphatic rings. The summed E-state index contributed by atoms with van der Waals surface area (Å²) in [6.45, 7) is 10.7. The van der Waals surface area contributed by atoms with E-state index >= 15 is 0 Å². The zero-order valence-electron chi connectivity index (χ0n) is 13.1. The van der Waals surface area contributed by atoms with Gasteiger partial charge in [0, 0.05) is 0 Å². The molecular weight excluding hydrogens is 328 g/mol. The van der Waals surface area contributed by atoms with E-state index in [1.54, 1.807) is 0 Å². The van der Waals surface area contributed by atoms with Crippen LogP contribution in [0.15, 0.2) is 34.9 Å². The van der Waals surface area contributed by atoms with Crippen LogP contribution in [-0.4, -0.2) is 13.1 Å². The number of hydrogen-bond donors (Lipinski definition) is 0. The lowest BCUT2D eigenvalue weighted by atomic mass is 9.51. The second-order valence-corrected chi connectivity index (χ2v) is 7.50. The number of carbonyl (C=O) groups is 1. The van der Waals surface area contributed by atoms with Crippen LogP contribution in [0.2, 0.25) is 0 Å². The summed E-state index contributed by atoms with van der Waals surface area (Å²) >= 11 is 3.29. The van der Waals surface area contributed by atoms with Crippen molar-refractivity contribution in [1.82, 2.24) is 0 Å². The topological polar surface area (TPSA) is 26.3 Å². The van der Waals surface area contributed by atoms with Gasteiger partial charge in [-0.15, -0.1) is 0 Å². The van der Waals surface area contributed by atoms with Gasteiger partial charge in [0.25, 0.3) is 0 Å². The molecule has 0 aliphatic heterocycles. The number of esters is 1. The van der Waals surface area contributed by atoms with E-state index in [2.05, 4.69) is 36.0 Å². The normalized spacial score (nSPS) is 32.1. The molecule has 3 aliphatic carbocycles. The van der Waals surface area contributed by atoms with Crippen LogP contribution in [0.25, 0.3) is 0 Å². The third-order valence-electron chi connectivity index (χ3n) is 5.35. The first-order valence-corrected chi connectivity index (χ1v) is 8.46. The van der Waals surface area contributed by atoms with Crippen molar-refractivity contribution in [1.29, 1.82) is 0 Å². The first kappa shape index (κ1) is 16.5. The molecule has 0 aromatic heterocycles. The van der Waals surface area contributed by atoms with E-state index in [1.807, 2.05) is 6.08 Å². The quantitative estimate of drug-likeness (QED) is 0.388. The minimum Gasteiger partial charge on any atom is -0.465 e. The summed E-state index contributed by atoms with van der Waals surface area (Å²) in [4.78, 5) is 11.4. The Morgan fingerprint density at radius 2 is 2.29 bits per heavy atom. The third kappa shape index (κ3) is 3.33. The van der Waals surface area contributed by atoms with Gasteiger partial charge < -0.3 is 4.74 Å². The highest BCUT2D eigenvalue weighted by atomic mass is 79.9. The average molecular weight is 353 g/mol. The lowest BCUT2D eigenvalue weighted by Crippen LogP contribution is -2.43. The van der Waals surface area contributed by atoms with Gasteiger partial charge in [0.1, 0.15) is 0 Å². The number of rotatable bonds is 5. The van der Waals surface area contributed by atoms with Crippen molar-refractivity contribution in [2.45, 2.75) is 45.4 Å². The average Bonchev–Trinajstić information content (AvgIpc) is 2.46. The Kier molecular flexibility index (Phi) is 5.13. The van der Waals surface area contributed by atoms with E-state index in [0.717, 1.165) is 19.3 Å². The maximum atomic E-state index is 11.4. The molecule has 3 heteroatoms. The summed E-state index contributed by atoms with van der Waals surface area (Å²) in [6.07, 6.45) is 8.79. The Labute approximate surface area is 136 Å². The molecule has 3 fully saturated rings. The van der Waals surface area contributed by atoms with Crippen LogP contribution in [0.4, 0.5) is 0 Å². The molecule has 2 bridgehead atoms. The maximum Gasteiger partial charge on any atom is 0.344 e. The second-order valence-electron chi connectivity index (χ2n) is 6.65. The molecule has 0 aromatic carbocycles. The highest BCUT2D eigenvalue weighted by Gasteiger charge is 2.48. The van der Waals surface area contributed by atoms with Gasteiger partial charge in [0.15, 0.2) is 0 Å². The van der Waals surface area contributed by atoms with E-state index in [1.165, 1.54) is 37.5 Å². The van der Waals surface area contributed by atoms with Crippen LogP contribution >= 0.6 is 15.9 Å². The van der Waals surface area contributed by atoms with Gasteiger partial charge in [0.05, 0.1) is 11.6 Å². The van der Waals surface area contributed by atoms with Crippen LogP contribution in [-0.2, 0) is 9.53 Å². The second kappa shape index (κ2) is 6.51. The fourth-order valence-electron chi connectivity index (χ4n) is 4.25.